The fraction of sp³-hybridized carbons (Fsp3) is 0.696. The molecule has 0 aromatic rings. The number of aliphatic carboxylic acids is 2. The number of rotatable bonds is 22. The number of carboxylic acid groups (broad SMARTS) is 2. The van der Waals surface area contributed by atoms with E-state index in [1.807, 2.05) is 0 Å². The maximum atomic E-state index is 13.2. The number of nitrogens with two attached hydrogens (primary N) is 6. The molecule has 0 spiro atoms. The number of carbonyl (C=O) groups is 5. The Morgan fingerprint density at radius 1 is 0.634 bits per heavy atom. The zero-order valence-corrected chi connectivity index (χ0v) is 23.1. The van der Waals surface area contributed by atoms with Crippen LogP contribution in [0.5, 0.6) is 0 Å². The van der Waals surface area contributed by atoms with Crippen LogP contribution in [0.3, 0.4) is 0 Å². The van der Waals surface area contributed by atoms with Crippen LogP contribution in [0.1, 0.15) is 57.8 Å². The third-order valence-corrected chi connectivity index (χ3v) is 5.72. The molecule has 18 heteroatoms. The molecule has 0 saturated carbocycles. The number of aliphatic imine (C=N–C) groups is 2. The SMILES string of the molecule is NCCCCC(NC(=O)C(N)CCCN=C(N)N)C(=O)NC(CCCN=C(N)N)C(=O)NC(CCC(=O)O)C(=O)O. The van der Waals surface area contributed by atoms with Crippen molar-refractivity contribution < 1.29 is 34.2 Å². The van der Waals surface area contributed by atoms with Gasteiger partial charge in [0.25, 0.3) is 0 Å². The second-order valence-corrected chi connectivity index (χ2v) is 9.24. The van der Waals surface area contributed by atoms with E-state index in [1.54, 1.807) is 0 Å². The number of amides is 3. The minimum absolute atomic E-state index is 0.00734. The molecule has 0 bridgehead atoms. The van der Waals surface area contributed by atoms with E-state index < -0.39 is 60.2 Å². The van der Waals surface area contributed by atoms with Gasteiger partial charge in [0.15, 0.2) is 11.9 Å². The molecule has 0 aliphatic rings. The number of nitrogens with zero attached hydrogens (tertiary/aromatic N) is 2. The van der Waals surface area contributed by atoms with Gasteiger partial charge in [0, 0.05) is 19.5 Å². The van der Waals surface area contributed by atoms with Crippen LogP contribution >= 0.6 is 0 Å². The summed E-state index contributed by atoms with van der Waals surface area (Å²) in [5, 5.41) is 25.7. The Labute approximate surface area is 238 Å². The van der Waals surface area contributed by atoms with Crippen molar-refractivity contribution in [1.82, 2.24) is 16.0 Å². The molecule has 0 aromatic carbocycles. The van der Waals surface area contributed by atoms with Gasteiger partial charge in [-0.05, 0) is 57.9 Å². The number of hydrogen-bond donors (Lipinski definition) is 11. The Bertz CT molecular complexity index is 922. The van der Waals surface area contributed by atoms with Crippen LogP contribution in [0.4, 0.5) is 0 Å². The van der Waals surface area contributed by atoms with Gasteiger partial charge in [0.1, 0.15) is 18.1 Å². The Balaban J connectivity index is 5.63. The topological polar surface area (TPSA) is 343 Å². The lowest BCUT2D eigenvalue weighted by molar-refractivity contribution is -0.143. The molecule has 0 aromatic heterocycles. The van der Waals surface area contributed by atoms with Gasteiger partial charge >= 0.3 is 11.9 Å². The van der Waals surface area contributed by atoms with Gasteiger partial charge in [-0.25, -0.2) is 4.79 Å². The summed E-state index contributed by atoms with van der Waals surface area (Å²) in [4.78, 5) is 69.0. The van der Waals surface area contributed by atoms with Gasteiger partial charge in [-0.2, -0.15) is 0 Å². The van der Waals surface area contributed by atoms with Crippen molar-refractivity contribution in [1.29, 1.82) is 0 Å². The molecule has 234 valence electrons. The van der Waals surface area contributed by atoms with Crippen molar-refractivity contribution in [3.63, 3.8) is 0 Å². The molecule has 17 N–H and O–H groups in total. The molecule has 0 heterocycles. The van der Waals surface area contributed by atoms with Crippen LogP contribution < -0.4 is 50.4 Å². The standard InChI is InChI=1S/C23H45N11O7/c24-10-2-1-6-14(32-18(37)13(25)5-3-11-30-22(26)27)19(38)33-15(7-4-12-31-23(28)29)20(39)34-16(21(40)41)8-9-17(35)36/h13-16H,1-12,24-25H2,(H,32,37)(H,33,38)(H,34,39)(H,35,36)(H,40,41)(H4,26,27,30)(H4,28,29,31). The molecule has 18 nitrogen and oxygen atoms in total. The lowest BCUT2D eigenvalue weighted by Crippen LogP contribution is -2.57. The molecule has 0 saturated heterocycles. The smallest absolute Gasteiger partial charge is 0.326 e. The highest BCUT2D eigenvalue weighted by Gasteiger charge is 2.30. The molecule has 0 rings (SSSR count). The fourth-order valence-corrected chi connectivity index (χ4v) is 3.53. The second-order valence-electron chi connectivity index (χ2n) is 9.24. The molecule has 4 unspecified atom stereocenters. The number of carboxylic acids is 2. The summed E-state index contributed by atoms with van der Waals surface area (Å²) >= 11 is 0. The van der Waals surface area contributed by atoms with E-state index in [9.17, 15) is 29.1 Å². The summed E-state index contributed by atoms with van der Waals surface area (Å²) in [5.41, 5.74) is 32.7. The summed E-state index contributed by atoms with van der Waals surface area (Å²) in [7, 11) is 0. The van der Waals surface area contributed by atoms with Crippen LogP contribution in [0.25, 0.3) is 0 Å². The Morgan fingerprint density at radius 2 is 1.10 bits per heavy atom. The predicted octanol–water partition coefficient (Wildman–Crippen LogP) is -4.05. The Morgan fingerprint density at radius 3 is 1.56 bits per heavy atom. The fourth-order valence-electron chi connectivity index (χ4n) is 3.53. The van der Waals surface area contributed by atoms with Gasteiger partial charge < -0.3 is 60.6 Å². The van der Waals surface area contributed by atoms with Crippen molar-refractivity contribution >= 4 is 41.6 Å². The first-order valence-electron chi connectivity index (χ1n) is 13.2. The van der Waals surface area contributed by atoms with E-state index in [4.69, 9.17) is 39.5 Å². The van der Waals surface area contributed by atoms with Crippen molar-refractivity contribution in [3.05, 3.63) is 0 Å². The summed E-state index contributed by atoms with van der Waals surface area (Å²) in [6.07, 6.45) is 1.26. The van der Waals surface area contributed by atoms with Gasteiger partial charge in [0.2, 0.25) is 17.7 Å². The molecule has 41 heavy (non-hydrogen) atoms. The van der Waals surface area contributed by atoms with E-state index in [0.29, 0.717) is 25.8 Å². The summed E-state index contributed by atoms with van der Waals surface area (Å²) in [5.74, 6) is -5.10. The highest BCUT2D eigenvalue weighted by molar-refractivity contribution is 5.94. The third-order valence-electron chi connectivity index (χ3n) is 5.72. The first-order valence-corrected chi connectivity index (χ1v) is 13.2. The van der Waals surface area contributed by atoms with E-state index in [-0.39, 0.29) is 57.1 Å². The van der Waals surface area contributed by atoms with Gasteiger partial charge in [-0.3, -0.25) is 29.2 Å². The minimum atomic E-state index is -1.51. The normalized spacial score (nSPS) is 13.5. The highest BCUT2D eigenvalue weighted by atomic mass is 16.4. The Kier molecular flexibility index (Phi) is 18.6. The van der Waals surface area contributed by atoms with Crippen molar-refractivity contribution in [2.24, 2.45) is 44.4 Å². The van der Waals surface area contributed by atoms with Gasteiger partial charge in [0.05, 0.1) is 6.04 Å². The van der Waals surface area contributed by atoms with Crippen LogP contribution in [0, 0.1) is 0 Å². The van der Waals surface area contributed by atoms with E-state index in [2.05, 4.69) is 25.9 Å². The molecule has 3 amide bonds. The molecule has 0 aliphatic heterocycles. The van der Waals surface area contributed by atoms with Crippen LogP contribution in [0.15, 0.2) is 9.98 Å². The van der Waals surface area contributed by atoms with Crippen molar-refractivity contribution in [2.45, 2.75) is 82.0 Å². The zero-order valence-electron chi connectivity index (χ0n) is 23.1. The number of unbranched alkanes of at least 4 members (excludes halogenated alkanes) is 1. The average molecular weight is 588 g/mol. The summed E-state index contributed by atoms with van der Waals surface area (Å²) < 4.78 is 0. The molecule has 0 fully saturated rings. The second kappa shape index (κ2) is 20.7. The maximum absolute atomic E-state index is 13.2. The van der Waals surface area contributed by atoms with Crippen LogP contribution in [0.2, 0.25) is 0 Å². The van der Waals surface area contributed by atoms with Gasteiger partial charge in [-0.1, -0.05) is 0 Å². The van der Waals surface area contributed by atoms with E-state index in [0.717, 1.165) is 0 Å². The first-order chi connectivity index (χ1) is 19.3. The highest BCUT2D eigenvalue weighted by Crippen LogP contribution is 2.07. The van der Waals surface area contributed by atoms with Gasteiger partial charge in [-0.15, -0.1) is 0 Å². The van der Waals surface area contributed by atoms with Crippen LogP contribution in [-0.2, 0) is 24.0 Å². The molecule has 0 aliphatic carbocycles. The summed E-state index contributed by atoms with van der Waals surface area (Å²) in [6, 6.07) is -4.79. The third kappa shape index (κ3) is 17.9. The lowest BCUT2D eigenvalue weighted by atomic mass is 10.0. The van der Waals surface area contributed by atoms with Crippen molar-refractivity contribution in [3.8, 4) is 0 Å². The molecular weight excluding hydrogens is 542 g/mol. The largest absolute Gasteiger partial charge is 0.481 e. The summed E-state index contributed by atoms with van der Waals surface area (Å²) in [6.45, 7) is 0.744. The monoisotopic (exact) mass is 587 g/mol. The van der Waals surface area contributed by atoms with E-state index in [1.165, 1.54) is 0 Å². The quantitative estimate of drug-likeness (QED) is 0.0326. The molecule has 4 atom stereocenters. The number of guanidine groups is 2. The van der Waals surface area contributed by atoms with Crippen molar-refractivity contribution in [2.75, 3.05) is 19.6 Å². The zero-order chi connectivity index (χ0) is 31.4. The molecule has 0 radical (unpaired) electrons. The maximum Gasteiger partial charge on any atom is 0.326 e. The number of nitrogens with one attached hydrogen (secondary N) is 3. The molecular formula is C23H45N11O7. The Hall–Kier alpha value is -4.19. The number of hydrogen-bond acceptors (Lipinski definition) is 9. The average Bonchev–Trinajstić information content (AvgIpc) is 2.89. The predicted molar refractivity (Wildman–Crippen MR) is 151 cm³/mol. The lowest BCUT2D eigenvalue weighted by Gasteiger charge is -2.25. The minimum Gasteiger partial charge on any atom is -0.481 e. The van der Waals surface area contributed by atoms with Crippen LogP contribution in [-0.4, -0.2) is 95.6 Å². The van der Waals surface area contributed by atoms with E-state index >= 15 is 0 Å². The number of carbonyl (C=O) groups excluding carboxylic acids is 3. The first kappa shape index (κ1) is 36.8.